The Balaban J connectivity index is 2.43. The lowest BCUT2D eigenvalue weighted by Crippen LogP contribution is -2.16. The van der Waals surface area contributed by atoms with Crippen LogP contribution in [0.2, 0.25) is 0 Å². The Morgan fingerprint density at radius 3 is 2.47 bits per heavy atom. The van der Waals surface area contributed by atoms with Crippen LogP contribution >= 0.6 is 0 Å². The fraction of sp³-hybridized carbons (Fsp3) is 0.286. The van der Waals surface area contributed by atoms with Crippen molar-refractivity contribution in [1.29, 1.82) is 0 Å². The molecule has 0 fully saturated rings. The third-order valence-corrected chi connectivity index (χ3v) is 3.03. The molecule has 19 heavy (non-hydrogen) atoms. The topological polar surface area (TPSA) is 67.1 Å². The van der Waals surface area contributed by atoms with Gasteiger partial charge in [-0.2, -0.15) is 4.98 Å². The summed E-state index contributed by atoms with van der Waals surface area (Å²) in [7, 11) is 1.99. The summed E-state index contributed by atoms with van der Waals surface area (Å²) >= 11 is 0. The highest BCUT2D eigenvalue weighted by atomic mass is 15.3. The second-order valence-corrected chi connectivity index (χ2v) is 4.68. The highest BCUT2D eigenvalue weighted by molar-refractivity contribution is 5.64. The highest BCUT2D eigenvalue weighted by Gasteiger charge is 2.10. The predicted octanol–water partition coefficient (Wildman–Crippen LogP) is 2.46. The van der Waals surface area contributed by atoms with E-state index < -0.39 is 0 Å². The number of hydrogen-bond donors (Lipinski definition) is 2. The predicted molar refractivity (Wildman–Crippen MR) is 78.6 cm³/mol. The molecule has 0 spiro atoms. The van der Waals surface area contributed by atoms with Crippen LogP contribution in [-0.4, -0.2) is 17.0 Å². The van der Waals surface area contributed by atoms with Gasteiger partial charge in [0.05, 0.1) is 0 Å². The second-order valence-electron chi connectivity index (χ2n) is 4.68. The van der Waals surface area contributed by atoms with Gasteiger partial charge in [-0.15, -0.1) is 0 Å². The Bertz CT molecular complexity index is 594. The SMILES string of the molecule is Cc1ccc(N(C)c2cc(C)nc(NN)n2)c(C)c1. The van der Waals surface area contributed by atoms with Gasteiger partial charge >= 0.3 is 0 Å². The molecule has 0 radical (unpaired) electrons. The molecule has 3 N–H and O–H groups in total. The van der Waals surface area contributed by atoms with Crippen molar-refractivity contribution < 1.29 is 0 Å². The summed E-state index contributed by atoms with van der Waals surface area (Å²) in [5.41, 5.74) is 6.93. The van der Waals surface area contributed by atoms with Gasteiger partial charge in [0.1, 0.15) is 5.82 Å². The molecule has 0 saturated carbocycles. The Labute approximate surface area is 113 Å². The van der Waals surface area contributed by atoms with Crippen molar-refractivity contribution >= 4 is 17.5 Å². The van der Waals surface area contributed by atoms with E-state index in [0.717, 1.165) is 17.2 Å². The molecule has 1 heterocycles. The molecule has 0 atom stereocenters. The molecule has 0 unspecified atom stereocenters. The van der Waals surface area contributed by atoms with Gasteiger partial charge in [-0.1, -0.05) is 17.7 Å². The Hall–Kier alpha value is -2.14. The number of nitrogen functional groups attached to an aromatic ring is 1. The van der Waals surface area contributed by atoms with Gasteiger partial charge in [0.2, 0.25) is 5.95 Å². The number of aryl methyl sites for hydroxylation is 3. The first-order valence-corrected chi connectivity index (χ1v) is 6.14. The quantitative estimate of drug-likeness (QED) is 0.653. The van der Waals surface area contributed by atoms with E-state index in [4.69, 9.17) is 5.84 Å². The van der Waals surface area contributed by atoms with Gasteiger partial charge in [0.15, 0.2) is 0 Å². The fourth-order valence-electron chi connectivity index (χ4n) is 2.09. The molecular formula is C14H19N5. The molecule has 2 rings (SSSR count). The van der Waals surface area contributed by atoms with Crippen molar-refractivity contribution in [1.82, 2.24) is 9.97 Å². The summed E-state index contributed by atoms with van der Waals surface area (Å²) in [5.74, 6) is 6.62. The lowest BCUT2D eigenvalue weighted by Gasteiger charge is -2.21. The minimum absolute atomic E-state index is 0.423. The van der Waals surface area contributed by atoms with E-state index in [0.29, 0.717) is 5.95 Å². The van der Waals surface area contributed by atoms with Gasteiger partial charge in [0.25, 0.3) is 0 Å². The van der Waals surface area contributed by atoms with Crippen molar-refractivity contribution in [2.75, 3.05) is 17.4 Å². The maximum absolute atomic E-state index is 5.38. The summed E-state index contributed by atoms with van der Waals surface area (Å²) in [6.45, 7) is 6.10. The molecule has 1 aromatic carbocycles. The van der Waals surface area contributed by atoms with Crippen LogP contribution in [0, 0.1) is 20.8 Å². The first-order chi connectivity index (χ1) is 9.01. The smallest absolute Gasteiger partial charge is 0.239 e. The van der Waals surface area contributed by atoms with E-state index in [1.54, 1.807) is 0 Å². The first kappa shape index (κ1) is 13.3. The van der Waals surface area contributed by atoms with Crippen LogP contribution in [0.1, 0.15) is 16.8 Å². The summed E-state index contributed by atoms with van der Waals surface area (Å²) in [4.78, 5) is 10.6. The second kappa shape index (κ2) is 5.24. The van der Waals surface area contributed by atoms with Crippen LogP contribution < -0.4 is 16.2 Å². The van der Waals surface area contributed by atoms with Crippen LogP contribution in [0.25, 0.3) is 0 Å². The standard InChI is InChI=1S/C14H19N5/c1-9-5-6-12(10(2)7-9)19(4)13-8-11(3)16-14(17-13)18-15/h5-8H,15H2,1-4H3,(H,16,17,18). The minimum atomic E-state index is 0.423. The number of hydrazine groups is 1. The normalized spacial score (nSPS) is 10.4. The number of hydrogen-bond acceptors (Lipinski definition) is 5. The number of nitrogens with two attached hydrogens (primary N) is 1. The summed E-state index contributed by atoms with van der Waals surface area (Å²) in [5, 5.41) is 0. The summed E-state index contributed by atoms with van der Waals surface area (Å²) in [6, 6.07) is 8.27. The van der Waals surface area contributed by atoms with Crippen molar-refractivity contribution in [3.05, 3.63) is 41.1 Å². The summed E-state index contributed by atoms with van der Waals surface area (Å²) in [6.07, 6.45) is 0. The average molecular weight is 257 g/mol. The molecule has 1 aromatic heterocycles. The third kappa shape index (κ3) is 2.82. The Kier molecular flexibility index (Phi) is 3.66. The first-order valence-electron chi connectivity index (χ1n) is 6.14. The Morgan fingerprint density at radius 2 is 1.84 bits per heavy atom. The van der Waals surface area contributed by atoms with Gasteiger partial charge < -0.3 is 4.90 Å². The molecule has 5 nitrogen and oxygen atoms in total. The minimum Gasteiger partial charge on any atom is -0.329 e. The number of nitrogens with one attached hydrogen (secondary N) is 1. The molecule has 0 aliphatic carbocycles. The van der Waals surface area contributed by atoms with Crippen molar-refractivity contribution in [3.8, 4) is 0 Å². The monoisotopic (exact) mass is 257 g/mol. The van der Waals surface area contributed by atoms with E-state index in [1.165, 1.54) is 11.1 Å². The average Bonchev–Trinajstić information content (AvgIpc) is 2.37. The van der Waals surface area contributed by atoms with Crippen molar-refractivity contribution in [2.24, 2.45) is 5.84 Å². The van der Waals surface area contributed by atoms with E-state index in [1.807, 2.05) is 24.9 Å². The maximum Gasteiger partial charge on any atom is 0.239 e. The van der Waals surface area contributed by atoms with E-state index in [-0.39, 0.29) is 0 Å². The van der Waals surface area contributed by atoms with Gasteiger partial charge in [-0.05, 0) is 32.4 Å². The van der Waals surface area contributed by atoms with E-state index in [2.05, 4.69) is 47.4 Å². The molecule has 100 valence electrons. The fourth-order valence-corrected chi connectivity index (χ4v) is 2.09. The lowest BCUT2D eigenvalue weighted by molar-refractivity contribution is 1.03. The number of rotatable bonds is 3. The Morgan fingerprint density at radius 1 is 1.11 bits per heavy atom. The third-order valence-electron chi connectivity index (χ3n) is 3.03. The van der Waals surface area contributed by atoms with Gasteiger partial charge in [-0.3, -0.25) is 5.43 Å². The molecular weight excluding hydrogens is 238 g/mol. The summed E-state index contributed by atoms with van der Waals surface area (Å²) < 4.78 is 0. The zero-order valence-electron chi connectivity index (χ0n) is 11.7. The van der Waals surface area contributed by atoms with Crippen LogP contribution in [-0.2, 0) is 0 Å². The number of anilines is 3. The largest absolute Gasteiger partial charge is 0.329 e. The van der Waals surface area contributed by atoms with Crippen LogP contribution in [0.5, 0.6) is 0 Å². The van der Waals surface area contributed by atoms with Crippen LogP contribution in [0.4, 0.5) is 17.5 Å². The molecule has 5 heteroatoms. The lowest BCUT2D eigenvalue weighted by atomic mass is 10.1. The van der Waals surface area contributed by atoms with Gasteiger partial charge in [-0.25, -0.2) is 10.8 Å². The molecule has 0 amide bonds. The van der Waals surface area contributed by atoms with Crippen molar-refractivity contribution in [3.63, 3.8) is 0 Å². The van der Waals surface area contributed by atoms with Crippen molar-refractivity contribution in [2.45, 2.75) is 20.8 Å². The highest BCUT2D eigenvalue weighted by Crippen LogP contribution is 2.26. The van der Waals surface area contributed by atoms with Gasteiger partial charge in [0, 0.05) is 24.5 Å². The molecule has 0 aliphatic heterocycles. The molecule has 0 bridgehead atoms. The molecule has 2 aromatic rings. The zero-order valence-corrected chi connectivity index (χ0v) is 11.7. The van der Waals surface area contributed by atoms with Crippen LogP contribution in [0.15, 0.2) is 24.3 Å². The number of benzene rings is 1. The zero-order chi connectivity index (χ0) is 14.0. The molecule has 0 saturated heterocycles. The van der Waals surface area contributed by atoms with Crippen LogP contribution in [0.3, 0.4) is 0 Å². The maximum atomic E-state index is 5.38. The number of aromatic nitrogens is 2. The number of nitrogens with zero attached hydrogens (tertiary/aromatic N) is 3. The van der Waals surface area contributed by atoms with E-state index >= 15 is 0 Å². The molecule has 0 aliphatic rings. The van der Waals surface area contributed by atoms with E-state index in [9.17, 15) is 0 Å².